The molecule has 4 aliphatic carbocycles. The molecular weight excluding hydrogens is 360 g/mol. The maximum Gasteiger partial charge on any atom is 0.169 e. The number of rotatable bonds is 2. The molecule has 5 rings (SSSR count). The lowest BCUT2D eigenvalue weighted by Crippen LogP contribution is -2.57. The number of allylic oxidation sites excluding steroid dienone is 2. The minimum Gasteiger partial charge on any atom is -0.359 e. The highest BCUT2D eigenvalue weighted by Gasteiger charge is 2.38. The van der Waals surface area contributed by atoms with Crippen molar-refractivity contribution in [3.63, 3.8) is 0 Å². The third-order valence-corrected chi connectivity index (χ3v) is 7.78. The summed E-state index contributed by atoms with van der Waals surface area (Å²) < 4.78 is 0. The normalized spacial score (nSPS) is 39.7. The smallest absolute Gasteiger partial charge is 0.169 e. The van der Waals surface area contributed by atoms with Crippen LogP contribution in [0.3, 0.4) is 0 Å². The molecule has 0 radical (unpaired) electrons. The maximum absolute atomic E-state index is 5.70. The number of piperazine rings is 1. The van der Waals surface area contributed by atoms with Gasteiger partial charge in [-0.15, -0.1) is 0 Å². The van der Waals surface area contributed by atoms with Crippen molar-refractivity contribution in [1.29, 1.82) is 0 Å². The fraction of sp³-hybridized carbons (Fsp3) is 0.700. The average Bonchev–Trinajstić information content (AvgIpc) is 3.43. The van der Waals surface area contributed by atoms with Crippen LogP contribution >= 0.6 is 24.4 Å². The summed E-state index contributed by atoms with van der Waals surface area (Å²) in [5, 5.41) is 9.14. The molecule has 26 heavy (non-hydrogen) atoms. The molecule has 6 heteroatoms. The summed E-state index contributed by atoms with van der Waals surface area (Å²) in [7, 11) is 0. The van der Waals surface area contributed by atoms with Gasteiger partial charge in [0.25, 0.3) is 0 Å². The highest BCUT2D eigenvalue weighted by atomic mass is 32.1. The van der Waals surface area contributed by atoms with Crippen LogP contribution in [0.5, 0.6) is 0 Å². The van der Waals surface area contributed by atoms with Crippen LogP contribution in [0.4, 0.5) is 0 Å². The van der Waals surface area contributed by atoms with Crippen LogP contribution in [0.1, 0.15) is 25.7 Å². The SMILES string of the molecule is S=C(N[C@@H]1C[C@@H]2C=C[C@@H]1C2)N1CCN(C(=S)N[C@@H]2C[C@H]3C=C[C@@H]2C3)CC1. The number of nitrogens with zero attached hydrogens (tertiary/aromatic N) is 2. The Morgan fingerprint density at radius 3 is 1.38 bits per heavy atom. The van der Waals surface area contributed by atoms with E-state index in [2.05, 4.69) is 44.7 Å². The van der Waals surface area contributed by atoms with E-state index in [0.717, 1.165) is 48.2 Å². The second-order valence-electron chi connectivity index (χ2n) is 8.65. The van der Waals surface area contributed by atoms with E-state index in [-0.39, 0.29) is 0 Å². The lowest BCUT2D eigenvalue weighted by molar-refractivity contribution is 0.249. The van der Waals surface area contributed by atoms with Crippen LogP contribution in [0.25, 0.3) is 0 Å². The van der Waals surface area contributed by atoms with E-state index in [1.165, 1.54) is 25.7 Å². The van der Waals surface area contributed by atoms with Crippen LogP contribution in [-0.4, -0.2) is 58.3 Å². The Labute approximate surface area is 167 Å². The molecule has 0 aromatic carbocycles. The van der Waals surface area contributed by atoms with Gasteiger partial charge >= 0.3 is 0 Å². The van der Waals surface area contributed by atoms with Crippen molar-refractivity contribution in [3.8, 4) is 0 Å². The Kier molecular flexibility index (Phi) is 4.44. The molecule has 5 aliphatic rings. The second kappa shape index (κ2) is 6.79. The fourth-order valence-corrected chi connectivity index (χ4v) is 6.17. The molecule has 0 unspecified atom stereocenters. The first kappa shape index (κ1) is 17.0. The van der Waals surface area contributed by atoms with Crippen LogP contribution in [0.15, 0.2) is 24.3 Å². The van der Waals surface area contributed by atoms with E-state index in [4.69, 9.17) is 24.4 Å². The van der Waals surface area contributed by atoms with Crippen LogP contribution in [0.2, 0.25) is 0 Å². The predicted octanol–water partition coefficient (Wildman–Crippen LogP) is 2.28. The largest absolute Gasteiger partial charge is 0.359 e. The number of hydrogen-bond acceptors (Lipinski definition) is 2. The van der Waals surface area contributed by atoms with Crippen LogP contribution in [-0.2, 0) is 0 Å². The molecule has 2 N–H and O–H groups in total. The summed E-state index contributed by atoms with van der Waals surface area (Å²) in [6, 6.07) is 1.09. The van der Waals surface area contributed by atoms with Gasteiger partial charge in [0.2, 0.25) is 0 Å². The van der Waals surface area contributed by atoms with E-state index in [1.807, 2.05) is 0 Å². The fourth-order valence-electron chi connectivity index (χ4n) is 5.51. The minimum absolute atomic E-state index is 0.545. The molecule has 2 saturated carbocycles. The summed E-state index contributed by atoms with van der Waals surface area (Å²) in [6.45, 7) is 3.84. The molecule has 1 saturated heterocycles. The highest BCUT2D eigenvalue weighted by molar-refractivity contribution is 7.80. The van der Waals surface area contributed by atoms with Gasteiger partial charge in [-0.3, -0.25) is 0 Å². The zero-order chi connectivity index (χ0) is 17.7. The predicted molar refractivity (Wildman–Crippen MR) is 113 cm³/mol. The molecular formula is C20H28N4S2. The van der Waals surface area contributed by atoms with E-state index in [0.29, 0.717) is 23.9 Å². The molecule has 3 fully saturated rings. The van der Waals surface area contributed by atoms with Crippen molar-refractivity contribution < 1.29 is 0 Å². The van der Waals surface area contributed by atoms with E-state index >= 15 is 0 Å². The molecule has 1 aliphatic heterocycles. The van der Waals surface area contributed by atoms with Gasteiger partial charge in [-0.1, -0.05) is 24.3 Å². The molecule has 4 bridgehead atoms. The number of fused-ring (bicyclic) bond motifs is 4. The lowest BCUT2D eigenvalue weighted by Gasteiger charge is -2.39. The summed E-state index contributed by atoms with van der Waals surface area (Å²) in [6.07, 6.45) is 14.6. The van der Waals surface area contributed by atoms with Gasteiger partial charge in [0, 0.05) is 38.3 Å². The number of thiocarbonyl (C=S) groups is 2. The molecule has 1 heterocycles. The van der Waals surface area contributed by atoms with Gasteiger partial charge in [0.15, 0.2) is 10.2 Å². The first-order chi connectivity index (χ1) is 12.7. The Balaban J connectivity index is 1.08. The van der Waals surface area contributed by atoms with Crippen molar-refractivity contribution in [2.45, 2.75) is 37.8 Å². The van der Waals surface area contributed by atoms with Crippen molar-refractivity contribution in [1.82, 2.24) is 20.4 Å². The summed E-state index contributed by atoms with van der Waals surface area (Å²) in [5.74, 6) is 2.93. The Hall–Kier alpha value is -1.14. The first-order valence-electron chi connectivity index (χ1n) is 10.1. The molecule has 6 atom stereocenters. The third kappa shape index (κ3) is 3.15. The topological polar surface area (TPSA) is 30.5 Å². The Morgan fingerprint density at radius 1 is 0.654 bits per heavy atom. The van der Waals surface area contributed by atoms with Gasteiger partial charge in [-0.05, 0) is 73.8 Å². The number of hydrogen-bond donors (Lipinski definition) is 2. The Bertz CT molecular complexity index is 596. The van der Waals surface area contributed by atoms with E-state index in [9.17, 15) is 0 Å². The quantitative estimate of drug-likeness (QED) is 0.558. The molecule has 0 aromatic heterocycles. The van der Waals surface area contributed by atoms with Crippen molar-refractivity contribution in [2.24, 2.45) is 23.7 Å². The minimum atomic E-state index is 0.545. The van der Waals surface area contributed by atoms with Crippen LogP contribution < -0.4 is 10.6 Å². The van der Waals surface area contributed by atoms with Crippen molar-refractivity contribution in [3.05, 3.63) is 24.3 Å². The lowest BCUT2D eigenvalue weighted by atomic mass is 10.0. The summed E-state index contributed by atoms with van der Waals surface area (Å²) in [5.41, 5.74) is 0. The summed E-state index contributed by atoms with van der Waals surface area (Å²) in [4.78, 5) is 4.65. The van der Waals surface area contributed by atoms with Gasteiger partial charge in [-0.2, -0.15) is 0 Å². The third-order valence-electron chi connectivity index (χ3n) is 7.03. The average molecular weight is 389 g/mol. The molecule has 4 nitrogen and oxygen atoms in total. The zero-order valence-corrected chi connectivity index (χ0v) is 16.8. The Morgan fingerprint density at radius 2 is 1.08 bits per heavy atom. The van der Waals surface area contributed by atoms with E-state index < -0.39 is 0 Å². The van der Waals surface area contributed by atoms with Gasteiger partial charge < -0.3 is 20.4 Å². The van der Waals surface area contributed by atoms with Crippen molar-refractivity contribution in [2.75, 3.05) is 26.2 Å². The summed E-state index contributed by atoms with van der Waals surface area (Å²) >= 11 is 11.4. The standard InChI is InChI=1S/C20H28N4S2/c25-19(21-17-11-13-1-3-15(17)9-13)23-5-7-24(8-6-23)20(26)22-18-12-14-2-4-16(18)10-14/h1-4,13-18H,5-12H2,(H,21,25)(H,22,26)/t13-,14+,15-,16-,17-,18-/m1/s1. The molecule has 0 amide bonds. The molecule has 0 aromatic rings. The van der Waals surface area contributed by atoms with Crippen molar-refractivity contribution >= 4 is 34.7 Å². The van der Waals surface area contributed by atoms with E-state index in [1.54, 1.807) is 0 Å². The highest BCUT2D eigenvalue weighted by Crippen LogP contribution is 2.39. The molecule has 0 spiro atoms. The molecule has 140 valence electrons. The van der Waals surface area contributed by atoms with Gasteiger partial charge in [0.05, 0.1) is 0 Å². The first-order valence-corrected chi connectivity index (χ1v) is 10.9. The monoisotopic (exact) mass is 388 g/mol. The second-order valence-corrected chi connectivity index (χ2v) is 9.42. The van der Waals surface area contributed by atoms with Gasteiger partial charge in [0.1, 0.15) is 0 Å². The number of nitrogens with one attached hydrogen (secondary N) is 2. The van der Waals surface area contributed by atoms with Gasteiger partial charge in [-0.25, -0.2) is 0 Å². The zero-order valence-electron chi connectivity index (χ0n) is 15.1. The van der Waals surface area contributed by atoms with Crippen LogP contribution in [0, 0.1) is 23.7 Å². The maximum atomic E-state index is 5.70.